The van der Waals surface area contributed by atoms with Crippen LogP contribution in [0.3, 0.4) is 0 Å². The highest BCUT2D eigenvalue weighted by molar-refractivity contribution is 6.33. The molecule has 0 saturated carbocycles. The Bertz CT molecular complexity index is 723. The predicted octanol–water partition coefficient (Wildman–Crippen LogP) is 5.10. The zero-order valence-electron chi connectivity index (χ0n) is 13.5. The van der Waals surface area contributed by atoms with E-state index in [0.717, 1.165) is 36.2 Å². The summed E-state index contributed by atoms with van der Waals surface area (Å²) >= 11 is 12.3. The summed E-state index contributed by atoms with van der Waals surface area (Å²) in [5.74, 6) is -0.0134. The molecule has 1 aliphatic rings. The molecule has 0 amide bonds. The average Bonchev–Trinajstić information content (AvgIpc) is 2.56. The van der Waals surface area contributed by atoms with Gasteiger partial charge in [-0.3, -0.25) is 0 Å². The van der Waals surface area contributed by atoms with Crippen molar-refractivity contribution in [3.8, 4) is 0 Å². The molecule has 1 N–H and O–H groups in total. The number of piperidine rings is 1. The van der Waals surface area contributed by atoms with E-state index in [1.54, 1.807) is 18.2 Å². The normalized spacial score (nSPS) is 21.0. The highest BCUT2D eigenvalue weighted by Crippen LogP contribution is 2.30. The fourth-order valence-electron chi connectivity index (χ4n) is 3.25. The molecule has 1 aliphatic heterocycles. The number of nitrogens with one attached hydrogen (secondary N) is 1. The number of hydrogen-bond acceptors (Lipinski definition) is 2. The van der Waals surface area contributed by atoms with Gasteiger partial charge in [-0.15, -0.1) is 0 Å². The molecule has 0 spiro atoms. The van der Waals surface area contributed by atoms with Crippen molar-refractivity contribution in [1.29, 1.82) is 0 Å². The van der Waals surface area contributed by atoms with Gasteiger partial charge < -0.3 is 10.1 Å². The lowest BCUT2D eigenvalue weighted by atomic mass is 9.86. The van der Waals surface area contributed by atoms with E-state index >= 15 is 0 Å². The van der Waals surface area contributed by atoms with Crippen molar-refractivity contribution >= 4 is 23.2 Å². The van der Waals surface area contributed by atoms with E-state index in [-0.39, 0.29) is 17.8 Å². The molecule has 0 aliphatic carbocycles. The number of ether oxygens (including phenoxy) is 1. The van der Waals surface area contributed by atoms with Crippen LogP contribution < -0.4 is 5.32 Å². The Balaban J connectivity index is 1.76. The molecule has 2 aromatic carbocycles. The lowest BCUT2D eigenvalue weighted by Crippen LogP contribution is -2.40. The first-order chi connectivity index (χ1) is 11.5. The third-order valence-corrected chi connectivity index (χ3v) is 5.11. The van der Waals surface area contributed by atoms with Gasteiger partial charge in [-0.1, -0.05) is 29.3 Å². The van der Waals surface area contributed by atoms with Crippen molar-refractivity contribution in [3.63, 3.8) is 0 Å². The minimum Gasteiger partial charge on any atom is -0.373 e. The Labute approximate surface area is 151 Å². The summed E-state index contributed by atoms with van der Waals surface area (Å²) in [6.45, 7) is 4.09. The molecule has 0 bridgehead atoms. The smallest absolute Gasteiger partial charge is 0.123 e. The van der Waals surface area contributed by atoms with Crippen molar-refractivity contribution in [3.05, 3.63) is 69.0 Å². The summed E-state index contributed by atoms with van der Waals surface area (Å²) in [7, 11) is 0. The highest BCUT2D eigenvalue weighted by atomic mass is 35.5. The second-order valence-corrected chi connectivity index (χ2v) is 7.03. The molecule has 2 nitrogen and oxygen atoms in total. The fourth-order valence-corrected chi connectivity index (χ4v) is 3.62. The average molecular weight is 368 g/mol. The highest BCUT2D eigenvalue weighted by Gasteiger charge is 2.28. The predicted molar refractivity (Wildman–Crippen MR) is 96.4 cm³/mol. The Hall–Kier alpha value is -1.13. The van der Waals surface area contributed by atoms with E-state index in [9.17, 15) is 4.39 Å². The SMILES string of the molecule is Cc1cc(F)ccc1C1CNCCC1OCc1cc(Cl)ccc1Cl. The molecule has 3 rings (SSSR count). The third-order valence-electron chi connectivity index (χ3n) is 4.51. The summed E-state index contributed by atoms with van der Waals surface area (Å²) < 4.78 is 19.6. The molecule has 2 atom stereocenters. The zero-order valence-corrected chi connectivity index (χ0v) is 15.0. The Morgan fingerprint density at radius 2 is 2.04 bits per heavy atom. The van der Waals surface area contributed by atoms with Crippen molar-refractivity contribution < 1.29 is 9.13 Å². The molecule has 2 aromatic rings. The van der Waals surface area contributed by atoms with Crippen LogP contribution >= 0.6 is 23.2 Å². The molecule has 128 valence electrons. The van der Waals surface area contributed by atoms with Crippen molar-refractivity contribution in [1.82, 2.24) is 5.32 Å². The zero-order chi connectivity index (χ0) is 17.1. The number of aryl methyl sites for hydroxylation is 1. The maximum Gasteiger partial charge on any atom is 0.123 e. The molecule has 24 heavy (non-hydrogen) atoms. The molecule has 5 heteroatoms. The first-order valence-electron chi connectivity index (χ1n) is 8.07. The Morgan fingerprint density at radius 3 is 2.83 bits per heavy atom. The standard InChI is InChI=1S/C19H20Cl2FNO/c1-12-8-15(22)3-4-16(12)17-10-23-7-6-19(17)24-11-13-9-14(20)2-5-18(13)21/h2-5,8-9,17,19,23H,6-7,10-11H2,1H3. The number of rotatable bonds is 4. The van der Waals surface area contributed by atoms with Gasteiger partial charge in [0.1, 0.15) is 5.82 Å². The molecule has 2 unspecified atom stereocenters. The summed E-state index contributed by atoms with van der Waals surface area (Å²) in [5, 5.41) is 4.71. The largest absolute Gasteiger partial charge is 0.373 e. The Morgan fingerprint density at radius 1 is 1.21 bits per heavy atom. The van der Waals surface area contributed by atoms with E-state index in [1.807, 2.05) is 19.1 Å². The van der Waals surface area contributed by atoms with Gasteiger partial charge in [0, 0.05) is 22.5 Å². The molecule has 1 fully saturated rings. The van der Waals surface area contributed by atoms with Crippen LogP contribution in [0.25, 0.3) is 0 Å². The lowest BCUT2D eigenvalue weighted by molar-refractivity contribution is 0.00681. The summed E-state index contributed by atoms with van der Waals surface area (Å²) in [6.07, 6.45) is 0.963. The van der Waals surface area contributed by atoms with E-state index in [2.05, 4.69) is 5.32 Å². The summed E-state index contributed by atoms with van der Waals surface area (Å²) in [6, 6.07) is 10.3. The second-order valence-electron chi connectivity index (χ2n) is 6.19. The minimum atomic E-state index is -0.205. The summed E-state index contributed by atoms with van der Waals surface area (Å²) in [4.78, 5) is 0. The van der Waals surface area contributed by atoms with Gasteiger partial charge in [0.15, 0.2) is 0 Å². The first-order valence-corrected chi connectivity index (χ1v) is 8.82. The van der Waals surface area contributed by atoms with E-state index < -0.39 is 0 Å². The van der Waals surface area contributed by atoms with Crippen LogP contribution in [0, 0.1) is 12.7 Å². The molecular formula is C19H20Cl2FNO. The summed E-state index contributed by atoms with van der Waals surface area (Å²) in [5.41, 5.74) is 2.97. The molecular weight excluding hydrogens is 348 g/mol. The van der Waals surface area contributed by atoms with Crippen molar-refractivity contribution in [2.24, 2.45) is 0 Å². The van der Waals surface area contributed by atoms with Crippen molar-refractivity contribution in [2.75, 3.05) is 13.1 Å². The second kappa shape index (κ2) is 7.83. The number of benzene rings is 2. The van der Waals surface area contributed by atoms with Crippen molar-refractivity contribution in [2.45, 2.75) is 32.0 Å². The van der Waals surface area contributed by atoms with E-state index in [0.29, 0.717) is 16.7 Å². The van der Waals surface area contributed by atoms with Crippen LogP contribution in [-0.4, -0.2) is 19.2 Å². The quantitative estimate of drug-likeness (QED) is 0.811. The van der Waals surface area contributed by atoms with E-state index in [4.69, 9.17) is 27.9 Å². The Kier molecular flexibility index (Phi) is 5.77. The maximum atomic E-state index is 13.4. The van der Waals surface area contributed by atoms with Gasteiger partial charge in [-0.25, -0.2) is 4.39 Å². The monoisotopic (exact) mass is 367 g/mol. The third kappa shape index (κ3) is 4.09. The lowest BCUT2D eigenvalue weighted by Gasteiger charge is -2.33. The number of halogens is 3. The van der Waals surface area contributed by atoms with Crippen LogP contribution in [0.1, 0.15) is 29.0 Å². The van der Waals surface area contributed by atoms with Gasteiger partial charge in [-0.05, 0) is 66.9 Å². The van der Waals surface area contributed by atoms with Crippen LogP contribution in [0.4, 0.5) is 4.39 Å². The van der Waals surface area contributed by atoms with Crippen LogP contribution in [0.5, 0.6) is 0 Å². The van der Waals surface area contributed by atoms with Crippen LogP contribution in [-0.2, 0) is 11.3 Å². The number of hydrogen-bond donors (Lipinski definition) is 1. The van der Waals surface area contributed by atoms with Gasteiger partial charge in [-0.2, -0.15) is 0 Å². The topological polar surface area (TPSA) is 21.3 Å². The van der Waals surface area contributed by atoms with Gasteiger partial charge in [0.2, 0.25) is 0 Å². The maximum absolute atomic E-state index is 13.4. The van der Waals surface area contributed by atoms with Gasteiger partial charge in [0.25, 0.3) is 0 Å². The van der Waals surface area contributed by atoms with Crippen LogP contribution in [0.2, 0.25) is 10.0 Å². The molecule has 0 radical (unpaired) electrons. The molecule has 1 heterocycles. The molecule has 0 aromatic heterocycles. The molecule has 1 saturated heterocycles. The van der Waals surface area contributed by atoms with Gasteiger partial charge >= 0.3 is 0 Å². The first kappa shape index (κ1) is 17.7. The van der Waals surface area contributed by atoms with E-state index in [1.165, 1.54) is 6.07 Å². The van der Waals surface area contributed by atoms with Crippen LogP contribution in [0.15, 0.2) is 36.4 Å². The minimum absolute atomic E-state index is 0.0606. The fraction of sp³-hybridized carbons (Fsp3) is 0.368. The van der Waals surface area contributed by atoms with Gasteiger partial charge in [0.05, 0.1) is 12.7 Å².